The molecule has 0 saturated heterocycles. The molecule has 34 heteroatoms. The van der Waals surface area contributed by atoms with Crippen LogP contribution in [0.1, 0.15) is 41.0 Å². The van der Waals surface area contributed by atoms with Crippen LogP contribution in [0.25, 0.3) is 0 Å². The molecule has 0 aliphatic rings. The van der Waals surface area contributed by atoms with Gasteiger partial charge in [0.2, 0.25) is 0 Å². The normalized spacial score (nSPS) is 13.3. The second-order valence-electron chi connectivity index (χ2n) is 19.5. The summed E-state index contributed by atoms with van der Waals surface area (Å²) in [5, 5.41) is 60.9. The number of hydrogen-bond acceptors (Lipinski definition) is 30. The summed E-state index contributed by atoms with van der Waals surface area (Å²) in [6.07, 6.45) is -0.0451. The quantitative estimate of drug-likeness (QED) is 0.0340. The summed E-state index contributed by atoms with van der Waals surface area (Å²) in [7, 11) is 24.2. The van der Waals surface area contributed by atoms with Crippen LogP contribution in [0.2, 0.25) is 0 Å². The average molecular weight is 1210 g/mol. The van der Waals surface area contributed by atoms with E-state index in [1.165, 1.54) is 0 Å². The van der Waals surface area contributed by atoms with Gasteiger partial charge in [-0.3, -0.25) is 19.2 Å². The molecule has 0 heterocycles. The van der Waals surface area contributed by atoms with Crippen LogP contribution in [0.5, 0.6) is 0 Å². The highest BCUT2D eigenvalue weighted by Gasteiger charge is 2.26. The van der Waals surface area contributed by atoms with Gasteiger partial charge in [-0.2, -0.15) is 0 Å². The Bertz CT molecular complexity index is 1190. The minimum atomic E-state index is -1.54. The smallest absolute Gasteiger partial charge is 0.322 e. The Morgan fingerprint density at radius 2 is 0.756 bits per heavy atom. The SMILES string of the molecule is CC(C)(N)CN.CC(N)C(C)N.CC(N)CN.CN(C)CCN.CN(C)CCN(C)C.CNCCN.CNCCN(C)C.CNCCNC.NC(C(=O)O)C(N)C(=O)O.NC(CO)C(N)CO.NCC(N)C(=O)O.NCC(N)CC(=O)O. The van der Waals surface area contributed by atoms with Gasteiger partial charge in [0.25, 0.3) is 0 Å². The van der Waals surface area contributed by atoms with Crippen molar-refractivity contribution < 1.29 is 49.8 Å². The molecule has 0 aromatic rings. The number of nitrogens with zero attached hydrogens (tertiary/aromatic N) is 4. The van der Waals surface area contributed by atoms with Crippen LogP contribution in [0.15, 0.2) is 0 Å². The first-order chi connectivity index (χ1) is 37.5. The summed E-state index contributed by atoms with van der Waals surface area (Å²) in [5.74, 6) is -4.80. The molecule has 0 aliphatic carbocycles. The molecule has 0 radical (unpaired) electrons. The van der Waals surface area contributed by atoms with Crippen LogP contribution in [-0.2, 0) is 19.2 Å². The number of rotatable bonds is 27. The van der Waals surface area contributed by atoms with E-state index in [0.717, 1.165) is 65.4 Å². The third-order valence-electron chi connectivity index (χ3n) is 8.37. The van der Waals surface area contributed by atoms with Gasteiger partial charge in [-0.25, -0.2) is 0 Å². The number of aliphatic hydroxyl groups excluding tert-OH is 2. The Balaban J connectivity index is -0.0000000655. The lowest BCUT2D eigenvalue weighted by Gasteiger charge is -2.13. The van der Waals surface area contributed by atoms with Crippen LogP contribution >= 0.6 is 0 Å². The Hall–Kier alpha value is -3.16. The second-order valence-corrected chi connectivity index (χ2v) is 19.5. The van der Waals surface area contributed by atoms with Gasteiger partial charge in [0.15, 0.2) is 0 Å². The maximum atomic E-state index is 9.98. The molecule has 0 aromatic heterocycles. The highest BCUT2D eigenvalue weighted by atomic mass is 16.4. The summed E-state index contributed by atoms with van der Waals surface area (Å²) >= 11 is 0. The van der Waals surface area contributed by atoms with E-state index in [9.17, 15) is 19.2 Å². The molecule has 9 atom stereocenters. The lowest BCUT2D eigenvalue weighted by atomic mass is 10.1. The molecule has 82 heavy (non-hydrogen) atoms. The van der Waals surface area contributed by atoms with Crippen LogP contribution in [-0.4, -0.2) is 323 Å². The largest absolute Gasteiger partial charge is 0.481 e. The summed E-state index contributed by atoms with van der Waals surface area (Å²) < 4.78 is 0. The van der Waals surface area contributed by atoms with Crippen LogP contribution < -0.4 is 113 Å². The fraction of sp³-hybridized carbons (Fsp3) is 0.917. The van der Waals surface area contributed by atoms with Gasteiger partial charge in [0, 0.05) is 133 Å². The zero-order chi connectivity index (χ0) is 68.2. The minimum absolute atomic E-state index is 0.00463. The van der Waals surface area contributed by atoms with E-state index in [0.29, 0.717) is 13.1 Å². The Morgan fingerprint density at radius 1 is 0.463 bits per heavy atom. The highest BCUT2D eigenvalue weighted by molar-refractivity contribution is 5.84. The van der Waals surface area contributed by atoms with E-state index < -0.39 is 60.1 Å². The van der Waals surface area contributed by atoms with Crippen molar-refractivity contribution >= 4 is 23.9 Å². The lowest BCUT2D eigenvalue weighted by Crippen LogP contribution is -2.51. The zero-order valence-corrected chi connectivity index (χ0v) is 54.1. The first-order valence-electron chi connectivity index (χ1n) is 26.6. The first kappa shape index (κ1) is 107. The van der Waals surface area contributed by atoms with Gasteiger partial charge in [-0.15, -0.1) is 0 Å². The number of likely N-dealkylation sites (N-methyl/N-ethyl adjacent to an activating group) is 8. The van der Waals surface area contributed by atoms with E-state index in [-0.39, 0.29) is 56.4 Å². The van der Waals surface area contributed by atoms with E-state index in [1.54, 1.807) is 0 Å². The van der Waals surface area contributed by atoms with Gasteiger partial charge in [0.05, 0.1) is 19.6 Å². The third-order valence-corrected chi connectivity index (χ3v) is 8.37. The standard InChI is InChI=1S/C6H16N2.C5H14N2.C4H8N2O4.C4H12N2O2.C4H10N2O2.4C4H12N2.C3H8N2O2.2C3H10N2/c1-7(2)5-6-8(3)4;1-6-4-5-7(2)3;5-1(3(7)8)2(6)4(9)10;5-3(1-7)4(6)2-8;5-2-3(6)1-4(7)8;1-6(2)4-3-5;1-5-3-4-6-2;1-4(2,6)3-5;1-3(5)4(2)6;4-1-2(5)3(6)7;1-5-3-2-4;1-3(5)2-4/h5-6H2,1-4H3;6H,4-5H2,1-3H3;1-2H,5-6H2,(H,7,8)(H,9,10);3-4,7-8H,1-2,5-6H2;3H,1-2,5-6H2,(H,7,8);3-5H2,1-2H3;5-6H,3-4H2,1-2H3;3,5-6H2,1-2H3;3-4H,5-6H2,1-2H3;2H,1,4-5H2,(H,6,7);5H,2-4H2,1H3;3H,2,4-5H2,1H3. The molecule has 9 unspecified atom stereocenters. The van der Waals surface area contributed by atoms with Crippen LogP contribution in [0.4, 0.5) is 0 Å². The van der Waals surface area contributed by atoms with Crippen molar-refractivity contribution in [1.82, 2.24) is 40.9 Å². The van der Waals surface area contributed by atoms with Gasteiger partial charge >= 0.3 is 23.9 Å². The lowest BCUT2D eigenvalue weighted by molar-refractivity contribution is -0.146. The summed E-state index contributed by atoms with van der Waals surface area (Å²) in [4.78, 5) is 48.1. The molecular weight excluding hydrogens is 1070 g/mol. The number of aliphatic carboxylic acids is 4. The summed E-state index contributed by atoms with van der Waals surface area (Å²) in [6.45, 7) is 20.4. The fourth-order valence-corrected chi connectivity index (χ4v) is 2.37. The molecular formula is C48H136N24O10. The van der Waals surface area contributed by atoms with Gasteiger partial charge < -0.3 is 163 Å². The molecule has 0 amide bonds. The van der Waals surface area contributed by atoms with Crippen molar-refractivity contribution in [2.75, 3.05) is 189 Å². The zero-order valence-electron chi connectivity index (χ0n) is 54.1. The summed E-state index contributed by atoms with van der Waals surface area (Å²) in [5.41, 5.74) is 81.6. The molecule has 0 aliphatic heterocycles. The predicted molar refractivity (Wildman–Crippen MR) is 341 cm³/mol. The number of carbonyl (C=O) groups is 4. The van der Waals surface area contributed by atoms with Crippen molar-refractivity contribution in [3.8, 4) is 0 Å². The van der Waals surface area contributed by atoms with E-state index in [2.05, 4.69) is 83.2 Å². The molecule has 34 nitrogen and oxygen atoms in total. The van der Waals surface area contributed by atoms with Gasteiger partial charge in [-0.1, -0.05) is 0 Å². The van der Waals surface area contributed by atoms with E-state index >= 15 is 0 Å². The average Bonchev–Trinajstić information content (AvgIpc) is 3.39. The van der Waals surface area contributed by atoms with Crippen LogP contribution in [0.3, 0.4) is 0 Å². The molecule has 508 valence electrons. The number of nitrogens with one attached hydrogen (secondary N) is 4. The Kier molecular flexibility index (Phi) is 107. The molecule has 42 N–H and O–H groups in total. The highest BCUT2D eigenvalue weighted by Crippen LogP contribution is 1.88. The molecule has 0 spiro atoms. The van der Waals surface area contributed by atoms with E-state index in [1.807, 2.05) is 76.9 Å². The summed E-state index contributed by atoms with van der Waals surface area (Å²) in [6, 6.07) is -4.97. The predicted octanol–water partition coefficient (Wildman–Crippen LogP) is -10.8. The maximum Gasteiger partial charge on any atom is 0.322 e. The number of carboxylic acids is 4. The fourth-order valence-electron chi connectivity index (χ4n) is 2.37. The molecule has 0 bridgehead atoms. The Morgan fingerprint density at radius 3 is 0.829 bits per heavy atom. The van der Waals surface area contributed by atoms with Crippen molar-refractivity contribution in [2.45, 2.75) is 101 Å². The molecule has 0 fully saturated rings. The molecule has 0 saturated carbocycles. The maximum absolute atomic E-state index is 9.98. The van der Waals surface area contributed by atoms with E-state index in [4.69, 9.17) is 122 Å². The van der Waals surface area contributed by atoms with Crippen molar-refractivity contribution in [1.29, 1.82) is 0 Å². The first-order valence-corrected chi connectivity index (χ1v) is 26.6. The monoisotopic (exact) mass is 1210 g/mol. The van der Waals surface area contributed by atoms with Crippen molar-refractivity contribution in [2.24, 2.45) is 91.7 Å². The number of aliphatic hydroxyl groups is 2. The number of carboxylic acid groups (broad SMARTS) is 4. The minimum Gasteiger partial charge on any atom is -0.481 e. The molecule has 0 aromatic carbocycles. The third kappa shape index (κ3) is 147. The number of hydrogen-bond donors (Lipinski definition) is 26. The topological polar surface area (TPSA) is 667 Å². The van der Waals surface area contributed by atoms with Crippen molar-refractivity contribution in [3.05, 3.63) is 0 Å². The Labute approximate surface area is 495 Å². The van der Waals surface area contributed by atoms with Crippen LogP contribution in [0, 0.1) is 0 Å². The molecule has 0 rings (SSSR count). The van der Waals surface area contributed by atoms with Gasteiger partial charge in [0.1, 0.15) is 18.1 Å². The van der Waals surface area contributed by atoms with Gasteiger partial charge in [-0.05, 0) is 119 Å². The van der Waals surface area contributed by atoms with Crippen molar-refractivity contribution in [3.63, 3.8) is 0 Å². The second kappa shape index (κ2) is 82.1. The number of nitrogens with two attached hydrogens (primary N) is 16.